The molecule has 0 atom stereocenters. The molecule has 1 aromatic rings. The summed E-state index contributed by atoms with van der Waals surface area (Å²) in [5.74, 6) is -0.346. The number of esters is 1. The molecule has 4 nitrogen and oxygen atoms in total. The van der Waals surface area contributed by atoms with Gasteiger partial charge in [0.1, 0.15) is 0 Å². The van der Waals surface area contributed by atoms with E-state index in [0.717, 1.165) is 36.2 Å². The van der Waals surface area contributed by atoms with E-state index in [9.17, 15) is 4.79 Å². The first-order chi connectivity index (χ1) is 6.74. The standard InChI is InChI=1S/C9H11BrN2O2/c1-14-8(13)7-6-4-2-3-5-12(6)9(10)11-7/h2-5H2,1H3. The second kappa shape index (κ2) is 3.73. The number of carbonyl (C=O) groups is 1. The van der Waals surface area contributed by atoms with Crippen molar-refractivity contribution in [1.82, 2.24) is 9.55 Å². The molecule has 0 saturated carbocycles. The Morgan fingerprint density at radius 3 is 3.07 bits per heavy atom. The van der Waals surface area contributed by atoms with Gasteiger partial charge in [-0.2, -0.15) is 0 Å². The molecule has 14 heavy (non-hydrogen) atoms. The number of rotatable bonds is 1. The lowest BCUT2D eigenvalue weighted by Crippen LogP contribution is -2.13. The predicted molar refractivity (Wildman–Crippen MR) is 54.2 cm³/mol. The molecule has 0 aliphatic carbocycles. The van der Waals surface area contributed by atoms with Crippen molar-refractivity contribution in [3.05, 3.63) is 16.1 Å². The van der Waals surface area contributed by atoms with E-state index in [1.807, 2.05) is 4.57 Å². The summed E-state index contributed by atoms with van der Waals surface area (Å²) in [7, 11) is 1.38. The van der Waals surface area contributed by atoms with Crippen LogP contribution in [0.25, 0.3) is 0 Å². The molecule has 0 spiro atoms. The summed E-state index contributed by atoms with van der Waals surface area (Å²) in [6, 6.07) is 0. The van der Waals surface area contributed by atoms with Gasteiger partial charge < -0.3 is 9.30 Å². The zero-order chi connectivity index (χ0) is 10.1. The van der Waals surface area contributed by atoms with Crippen molar-refractivity contribution in [2.24, 2.45) is 0 Å². The van der Waals surface area contributed by atoms with Gasteiger partial charge in [-0.25, -0.2) is 9.78 Å². The van der Waals surface area contributed by atoms with Crippen molar-refractivity contribution in [3.8, 4) is 0 Å². The van der Waals surface area contributed by atoms with Crippen LogP contribution in [0.5, 0.6) is 0 Å². The fraction of sp³-hybridized carbons (Fsp3) is 0.556. The second-order valence-corrected chi connectivity index (χ2v) is 3.99. The molecule has 0 radical (unpaired) electrons. The van der Waals surface area contributed by atoms with Crippen LogP contribution in [0.2, 0.25) is 0 Å². The molecule has 5 heteroatoms. The number of methoxy groups -OCH3 is 1. The van der Waals surface area contributed by atoms with Gasteiger partial charge in [0.05, 0.1) is 12.8 Å². The monoisotopic (exact) mass is 258 g/mol. The normalized spacial score (nSPS) is 15.0. The lowest BCUT2D eigenvalue weighted by molar-refractivity contribution is 0.0592. The van der Waals surface area contributed by atoms with E-state index in [2.05, 4.69) is 25.7 Å². The van der Waals surface area contributed by atoms with Crippen molar-refractivity contribution in [1.29, 1.82) is 0 Å². The van der Waals surface area contributed by atoms with Crippen LogP contribution in [0.15, 0.2) is 4.73 Å². The molecular formula is C9H11BrN2O2. The van der Waals surface area contributed by atoms with Crippen LogP contribution in [0.3, 0.4) is 0 Å². The second-order valence-electron chi connectivity index (χ2n) is 3.28. The number of fused-ring (bicyclic) bond motifs is 1. The van der Waals surface area contributed by atoms with Gasteiger partial charge in [-0.3, -0.25) is 0 Å². The highest BCUT2D eigenvalue weighted by molar-refractivity contribution is 9.10. The predicted octanol–water partition coefficient (Wildman–Crippen LogP) is 1.77. The van der Waals surface area contributed by atoms with Gasteiger partial charge in [-0.15, -0.1) is 0 Å². The molecule has 0 fully saturated rings. The van der Waals surface area contributed by atoms with Crippen molar-refractivity contribution in [2.45, 2.75) is 25.8 Å². The van der Waals surface area contributed by atoms with Crippen LogP contribution in [0, 0.1) is 0 Å². The van der Waals surface area contributed by atoms with Crippen molar-refractivity contribution < 1.29 is 9.53 Å². The van der Waals surface area contributed by atoms with E-state index in [-0.39, 0.29) is 5.97 Å². The highest BCUT2D eigenvalue weighted by atomic mass is 79.9. The Bertz CT molecular complexity index is 373. The third kappa shape index (κ3) is 1.45. The zero-order valence-electron chi connectivity index (χ0n) is 7.92. The number of halogens is 1. The van der Waals surface area contributed by atoms with Crippen molar-refractivity contribution >= 4 is 21.9 Å². The molecule has 0 N–H and O–H groups in total. The number of imidazole rings is 1. The molecule has 0 saturated heterocycles. The number of hydrogen-bond donors (Lipinski definition) is 0. The van der Waals surface area contributed by atoms with E-state index < -0.39 is 0 Å². The quantitative estimate of drug-likeness (QED) is 0.722. The maximum Gasteiger partial charge on any atom is 0.358 e. The van der Waals surface area contributed by atoms with Gasteiger partial charge >= 0.3 is 5.97 Å². The third-order valence-corrected chi connectivity index (χ3v) is 3.06. The Kier molecular flexibility index (Phi) is 2.58. The maximum atomic E-state index is 11.4. The summed E-state index contributed by atoms with van der Waals surface area (Å²) in [6.45, 7) is 0.930. The Hall–Kier alpha value is -0.840. The Morgan fingerprint density at radius 1 is 1.57 bits per heavy atom. The van der Waals surface area contributed by atoms with Gasteiger partial charge in [0.15, 0.2) is 10.4 Å². The molecule has 2 heterocycles. The number of hydrogen-bond acceptors (Lipinski definition) is 3. The van der Waals surface area contributed by atoms with Crippen LogP contribution in [-0.4, -0.2) is 22.6 Å². The largest absolute Gasteiger partial charge is 0.464 e. The number of aromatic nitrogens is 2. The molecule has 1 aliphatic heterocycles. The summed E-state index contributed by atoms with van der Waals surface area (Å²) in [4.78, 5) is 15.5. The lowest BCUT2D eigenvalue weighted by Gasteiger charge is -2.15. The minimum Gasteiger partial charge on any atom is -0.464 e. The fourth-order valence-electron chi connectivity index (χ4n) is 1.76. The minimum absolute atomic E-state index is 0.346. The van der Waals surface area contributed by atoms with Gasteiger partial charge in [0, 0.05) is 6.54 Å². The number of nitrogens with zero attached hydrogens (tertiary/aromatic N) is 2. The SMILES string of the molecule is COC(=O)c1nc(Br)n2c1CCCC2. The molecule has 0 aromatic carbocycles. The summed E-state index contributed by atoms with van der Waals surface area (Å²) in [6.07, 6.45) is 3.16. The van der Waals surface area contributed by atoms with Crippen molar-refractivity contribution in [2.75, 3.05) is 7.11 Å². The molecule has 0 bridgehead atoms. The molecular weight excluding hydrogens is 248 g/mol. The average Bonchev–Trinajstić information content (AvgIpc) is 2.56. The summed E-state index contributed by atoms with van der Waals surface area (Å²) >= 11 is 3.34. The van der Waals surface area contributed by atoms with Crippen LogP contribution in [0.4, 0.5) is 0 Å². The molecule has 0 unspecified atom stereocenters. The minimum atomic E-state index is -0.346. The van der Waals surface area contributed by atoms with Gasteiger partial charge in [-0.05, 0) is 35.2 Å². The molecule has 76 valence electrons. The van der Waals surface area contributed by atoms with Gasteiger partial charge in [0.2, 0.25) is 0 Å². The first-order valence-corrected chi connectivity index (χ1v) is 5.36. The summed E-state index contributed by atoms with van der Waals surface area (Å²) < 4.78 is 7.45. The first kappa shape index (κ1) is 9.71. The fourth-order valence-corrected chi connectivity index (χ4v) is 2.33. The highest BCUT2D eigenvalue weighted by Crippen LogP contribution is 2.24. The topological polar surface area (TPSA) is 44.1 Å². The van der Waals surface area contributed by atoms with E-state index in [0.29, 0.717) is 5.69 Å². The smallest absolute Gasteiger partial charge is 0.358 e. The van der Waals surface area contributed by atoms with E-state index in [1.165, 1.54) is 7.11 Å². The molecule has 0 amide bonds. The Morgan fingerprint density at radius 2 is 2.36 bits per heavy atom. The van der Waals surface area contributed by atoms with Crippen molar-refractivity contribution in [3.63, 3.8) is 0 Å². The van der Waals surface area contributed by atoms with E-state index in [4.69, 9.17) is 0 Å². The Balaban J connectivity index is 2.46. The Labute approximate surface area is 90.4 Å². The summed E-state index contributed by atoms with van der Waals surface area (Å²) in [5, 5.41) is 0. The van der Waals surface area contributed by atoms with Gasteiger partial charge in [0.25, 0.3) is 0 Å². The molecule has 2 rings (SSSR count). The van der Waals surface area contributed by atoms with Crippen LogP contribution in [-0.2, 0) is 17.7 Å². The maximum absolute atomic E-state index is 11.4. The highest BCUT2D eigenvalue weighted by Gasteiger charge is 2.23. The average molecular weight is 259 g/mol. The number of ether oxygens (including phenoxy) is 1. The lowest BCUT2D eigenvalue weighted by atomic mass is 10.1. The molecule has 1 aromatic heterocycles. The summed E-state index contributed by atoms with van der Waals surface area (Å²) in [5.41, 5.74) is 1.45. The van der Waals surface area contributed by atoms with Crippen LogP contribution >= 0.6 is 15.9 Å². The third-order valence-electron chi connectivity index (χ3n) is 2.45. The molecule has 1 aliphatic rings. The zero-order valence-corrected chi connectivity index (χ0v) is 9.50. The van der Waals surface area contributed by atoms with E-state index >= 15 is 0 Å². The first-order valence-electron chi connectivity index (χ1n) is 4.57. The van der Waals surface area contributed by atoms with E-state index in [1.54, 1.807) is 0 Å². The van der Waals surface area contributed by atoms with Crippen LogP contribution in [0.1, 0.15) is 29.0 Å². The van der Waals surface area contributed by atoms with Crippen LogP contribution < -0.4 is 0 Å². The van der Waals surface area contributed by atoms with Gasteiger partial charge in [-0.1, -0.05) is 0 Å². The number of carbonyl (C=O) groups excluding carboxylic acids is 1.